The van der Waals surface area contributed by atoms with Crippen LogP contribution in [0.25, 0.3) is 0 Å². The van der Waals surface area contributed by atoms with Crippen molar-refractivity contribution in [3.05, 3.63) is 64.7 Å². The Morgan fingerprint density at radius 3 is 2.17 bits per heavy atom. The lowest BCUT2D eigenvalue weighted by Crippen LogP contribution is -2.21. The molecule has 0 fully saturated rings. The number of aliphatic carboxylic acids is 1. The van der Waals surface area contributed by atoms with Crippen LogP contribution in [-0.2, 0) is 11.2 Å². The zero-order valence-electron chi connectivity index (χ0n) is 15.0. The summed E-state index contributed by atoms with van der Waals surface area (Å²) in [5, 5.41) is 9.69. The fourth-order valence-corrected chi connectivity index (χ4v) is 3.21. The maximum absolute atomic E-state index is 11.8. The number of anilines is 1. The van der Waals surface area contributed by atoms with Crippen molar-refractivity contribution in [2.24, 2.45) is 0 Å². The second kappa shape index (κ2) is 8.00. The summed E-state index contributed by atoms with van der Waals surface area (Å²) in [4.78, 5) is 14.1. The maximum Gasteiger partial charge on any atom is 0.311 e. The predicted molar refractivity (Wildman–Crippen MR) is 100.0 cm³/mol. The van der Waals surface area contributed by atoms with E-state index in [1.54, 1.807) is 0 Å². The molecule has 2 aromatic carbocycles. The van der Waals surface area contributed by atoms with Gasteiger partial charge in [0.25, 0.3) is 0 Å². The van der Waals surface area contributed by atoms with E-state index in [2.05, 4.69) is 36.9 Å². The van der Waals surface area contributed by atoms with Gasteiger partial charge in [0.05, 0.1) is 5.92 Å². The highest BCUT2D eigenvalue weighted by molar-refractivity contribution is 5.77. The van der Waals surface area contributed by atoms with Crippen LogP contribution in [0.4, 0.5) is 5.69 Å². The normalized spacial score (nSPS) is 12.0. The van der Waals surface area contributed by atoms with Crippen LogP contribution in [-0.4, -0.2) is 24.2 Å². The van der Waals surface area contributed by atoms with E-state index in [1.807, 2.05) is 38.1 Å². The summed E-state index contributed by atoms with van der Waals surface area (Å²) in [5.74, 6) is -1.28. The standard InChI is InChI=1S/C21H27NO2/c1-5-22(6-2)18-10-8-17(9-11-18)14-20(21(23)24)19-12-7-15(3)13-16(19)4/h7-13,20H,5-6,14H2,1-4H3,(H,23,24). The summed E-state index contributed by atoms with van der Waals surface area (Å²) in [6, 6.07) is 14.3. The van der Waals surface area contributed by atoms with Gasteiger partial charge in [0, 0.05) is 18.8 Å². The minimum atomic E-state index is -0.769. The van der Waals surface area contributed by atoms with Gasteiger partial charge in [-0.2, -0.15) is 0 Å². The van der Waals surface area contributed by atoms with Gasteiger partial charge in [0.1, 0.15) is 0 Å². The van der Waals surface area contributed by atoms with Gasteiger partial charge in [-0.3, -0.25) is 4.79 Å². The van der Waals surface area contributed by atoms with Crippen molar-refractivity contribution in [2.75, 3.05) is 18.0 Å². The van der Waals surface area contributed by atoms with Crippen LogP contribution in [0.3, 0.4) is 0 Å². The number of carbonyl (C=O) groups is 1. The maximum atomic E-state index is 11.8. The third-order valence-corrected chi connectivity index (χ3v) is 4.60. The summed E-state index contributed by atoms with van der Waals surface area (Å²) in [5.41, 5.74) is 5.34. The lowest BCUT2D eigenvalue weighted by atomic mass is 9.88. The summed E-state index contributed by atoms with van der Waals surface area (Å²) >= 11 is 0. The molecule has 1 unspecified atom stereocenters. The first-order chi connectivity index (χ1) is 11.5. The van der Waals surface area contributed by atoms with E-state index in [0.29, 0.717) is 6.42 Å². The number of carboxylic acids is 1. The molecule has 0 saturated carbocycles. The Kier molecular flexibility index (Phi) is 6.02. The third kappa shape index (κ3) is 4.16. The molecule has 0 amide bonds. The number of hydrogen-bond donors (Lipinski definition) is 1. The molecule has 1 N–H and O–H groups in total. The molecule has 2 rings (SSSR count). The molecule has 0 aliphatic rings. The van der Waals surface area contributed by atoms with Gasteiger partial charge in [-0.05, 0) is 62.9 Å². The zero-order chi connectivity index (χ0) is 17.7. The highest BCUT2D eigenvalue weighted by Gasteiger charge is 2.22. The monoisotopic (exact) mass is 325 g/mol. The first-order valence-electron chi connectivity index (χ1n) is 8.60. The Labute approximate surface area is 144 Å². The number of rotatable bonds is 7. The molecule has 0 heterocycles. The molecule has 0 aromatic heterocycles. The fourth-order valence-electron chi connectivity index (χ4n) is 3.21. The number of aryl methyl sites for hydroxylation is 2. The van der Waals surface area contributed by atoms with E-state index in [-0.39, 0.29) is 0 Å². The third-order valence-electron chi connectivity index (χ3n) is 4.60. The van der Waals surface area contributed by atoms with Crippen LogP contribution in [0.1, 0.15) is 42.0 Å². The molecule has 0 aliphatic heterocycles. The number of nitrogens with zero attached hydrogens (tertiary/aromatic N) is 1. The van der Waals surface area contributed by atoms with Crippen molar-refractivity contribution in [3.8, 4) is 0 Å². The highest BCUT2D eigenvalue weighted by atomic mass is 16.4. The van der Waals surface area contributed by atoms with Crippen LogP contribution < -0.4 is 4.90 Å². The van der Waals surface area contributed by atoms with Gasteiger partial charge in [0.15, 0.2) is 0 Å². The fraction of sp³-hybridized carbons (Fsp3) is 0.381. The molecule has 0 saturated heterocycles. The number of hydrogen-bond acceptors (Lipinski definition) is 2. The average molecular weight is 325 g/mol. The Morgan fingerprint density at radius 2 is 1.67 bits per heavy atom. The summed E-state index contributed by atoms with van der Waals surface area (Å²) in [7, 11) is 0. The Balaban J connectivity index is 2.23. The largest absolute Gasteiger partial charge is 0.481 e. The quantitative estimate of drug-likeness (QED) is 0.811. The summed E-state index contributed by atoms with van der Waals surface area (Å²) < 4.78 is 0. The first kappa shape index (κ1) is 18.1. The van der Waals surface area contributed by atoms with E-state index in [1.165, 1.54) is 5.69 Å². The van der Waals surface area contributed by atoms with E-state index < -0.39 is 11.9 Å². The second-order valence-electron chi connectivity index (χ2n) is 6.29. The van der Waals surface area contributed by atoms with Crippen molar-refractivity contribution in [1.29, 1.82) is 0 Å². The van der Waals surface area contributed by atoms with Gasteiger partial charge in [-0.15, -0.1) is 0 Å². The van der Waals surface area contributed by atoms with Crippen LogP contribution in [0.15, 0.2) is 42.5 Å². The minimum absolute atomic E-state index is 0.509. The van der Waals surface area contributed by atoms with Gasteiger partial charge in [-0.25, -0.2) is 0 Å². The molecule has 1 atom stereocenters. The van der Waals surface area contributed by atoms with E-state index in [0.717, 1.165) is 35.3 Å². The highest BCUT2D eigenvalue weighted by Crippen LogP contribution is 2.26. The lowest BCUT2D eigenvalue weighted by Gasteiger charge is -2.21. The average Bonchev–Trinajstić information content (AvgIpc) is 2.55. The first-order valence-corrected chi connectivity index (χ1v) is 8.60. The number of benzene rings is 2. The zero-order valence-corrected chi connectivity index (χ0v) is 15.0. The van der Waals surface area contributed by atoms with Crippen LogP contribution >= 0.6 is 0 Å². The Bertz CT molecular complexity index is 687. The molecule has 0 aliphatic carbocycles. The summed E-state index contributed by atoms with van der Waals surface area (Å²) in [6.45, 7) is 10.2. The van der Waals surface area contributed by atoms with Gasteiger partial charge in [-0.1, -0.05) is 35.9 Å². The lowest BCUT2D eigenvalue weighted by molar-refractivity contribution is -0.138. The van der Waals surface area contributed by atoms with E-state index in [4.69, 9.17) is 0 Å². The molecular formula is C21H27NO2. The number of carboxylic acid groups (broad SMARTS) is 1. The van der Waals surface area contributed by atoms with E-state index in [9.17, 15) is 9.90 Å². The van der Waals surface area contributed by atoms with Crippen molar-refractivity contribution < 1.29 is 9.90 Å². The molecule has 3 heteroatoms. The smallest absolute Gasteiger partial charge is 0.311 e. The van der Waals surface area contributed by atoms with Crippen molar-refractivity contribution in [2.45, 2.75) is 40.0 Å². The SMILES string of the molecule is CCN(CC)c1ccc(CC(C(=O)O)c2ccc(C)cc2C)cc1. The molecule has 0 radical (unpaired) electrons. The Hall–Kier alpha value is -2.29. The molecule has 3 nitrogen and oxygen atoms in total. The van der Waals surface area contributed by atoms with Gasteiger partial charge < -0.3 is 10.0 Å². The van der Waals surface area contributed by atoms with Crippen molar-refractivity contribution >= 4 is 11.7 Å². The summed E-state index contributed by atoms with van der Waals surface area (Å²) in [6.07, 6.45) is 0.512. The second-order valence-corrected chi connectivity index (χ2v) is 6.29. The molecule has 0 spiro atoms. The predicted octanol–water partition coefficient (Wildman–Crippen LogP) is 4.56. The van der Waals surface area contributed by atoms with Crippen LogP contribution in [0, 0.1) is 13.8 Å². The molecule has 128 valence electrons. The molecule has 0 bridgehead atoms. The van der Waals surface area contributed by atoms with Crippen LogP contribution in [0.2, 0.25) is 0 Å². The minimum Gasteiger partial charge on any atom is -0.481 e. The van der Waals surface area contributed by atoms with Crippen molar-refractivity contribution in [3.63, 3.8) is 0 Å². The van der Waals surface area contributed by atoms with Gasteiger partial charge in [0.2, 0.25) is 0 Å². The van der Waals surface area contributed by atoms with Crippen molar-refractivity contribution in [1.82, 2.24) is 0 Å². The van der Waals surface area contributed by atoms with Gasteiger partial charge >= 0.3 is 5.97 Å². The molecule has 2 aromatic rings. The molecular weight excluding hydrogens is 298 g/mol. The molecule has 24 heavy (non-hydrogen) atoms. The Morgan fingerprint density at radius 1 is 1.04 bits per heavy atom. The van der Waals surface area contributed by atoms with E-state index >= 15 is 0 Å². The van der Waals surface area contributed by atoms with Crippen LogP contribution in [0.5, 0.6) is 0 Å². The topological polar surface area (TPSA) is 40.5 Å².